The molecule has 4 amide bonds. The number of rotatable bonds is 18. The third-order valence-corrected chi connectivity index (χ3v) is 6.46. The van der Waals surface area contributed by atoms with E-state index < -0.39 is 0 Å². The molecule has 0 heterocycles. The van der Waals surface area contributed by atoms with Gasteiger partial charge in [-0.15, -0.1) is 0 Å². The molecule has 0 aliphatic rings. The van der Waals surface area contributed by atoms with Crippen LogP contribution in [0, 0.1) is 0 Å². The molecule has 0 saturated carbocycles. The maximum atomic E-state index is 12.1. The van der Waals surface area contributed by atoms with Gasteiger partial charge in [0.2, 0.25) is 0 Å². The summed E-state index contributed by atoms with van der Waals surface area (Å²) in [6.07, 6.45) is 15.3. The Morgan fingerprint density at radius 3 is 1.24 bits per heavy atom. The lowest BCUT2D eigenvalue weighted by Gasteiger charge is -2.10. The topological polar surface area (TPSA) is 82.3 Å². The minimum Gasteiger partial charge on any atom is -0.338 e. The van der Waals surface area contributed by atoms with E-state index in [2.05, 4.69) is 35.1 Å². The Morgan fingerprint density at radius 2 is 0.865 bits per heavy atom. The number of carbonyl (C=O) groups excluding carboxylic acids is 2. The monoisotopic (exact) mass is 508 g/mol. The average Bonchev–Trinajstić information content (AvgIpc) is 2.90. The highest BCUT2D eigenvalue weighted by atomic mass is 16.2. The van der Waals surface area contributed by atoms with Crippen molar-refractivity contribution in [2.75, 3.05) is 23.7 Å². The van der Waals surface area contributed by atoms with E-state index in [1.807, 2.05) is 48.5 Å². The summed E-state index contributed by atoms with van der Waals surface area (Å²) in [5.74, 6) is 0. The number of amides is 4. The van der Waals surface area contributed by atoms with E-state index in [0.29, 0.717) is 13.1 Å². The molecule has 2 rings (SSSR count). The lowest BCUT2D eigenvalue weighted by Crippen LogP contribution is -2.29. The molecule has 0 fully saturated rings. The molecule has 6 nitrogen and oxygen atoms in total. The molecule has 0 bridgehead atoms. The summed E-state index contributed by atoms with van der Waals surface area (Å²) in [6.45, 7) is 5.85. The molecule has 0 aromatic heterocycles. The molecule has 0 radical (unpaired) electrons. The molecule has 6 heteroatoms. The number of anilines is 2. The van der Waals surface area contributed by atoms with Crippen LogP contribution in [-0.2, 0) is 6.42 Å². The first kappa shape index (κ1) is 30.2. The van der Waals surface area contributed by atoms with E-state index in [4.69, 9.17) is 0 Å². The number of urea groups is 2. The summed E-state index contributed by atoms with van der Waals surface area (Å²) in [5.41, 5.74) is 3.90. The normalized spacial score (nSPS) is 10.6. The number of carbonyl (C=O) groups is 2. The second-order valence-corrected chi connectivity index (χ2v) is 9.87. The molecule has 0 aliphatic carbocycles. The van der Waals surface area contributed by atoms with Crippen LogP contribution in [0.4, 0.5) is 21.0 Å². The number of nitrogens with one attached hydrogen (secondary N) is 4. The number of hydrogen-bond acceptors (Lipinski definition) is 2. The average molecular weight is 509 g/mol. The maximum Gasteiger partial charge on any atom is 0.319 e. The van der Waals surface area contributed by atoms with Crippen LogP contribution in [-0.4, -0.2) is 25.2 Å². The number of benzene rings is 2. The Morgan fingerprint density at radius 1 is 0.514 bits per heavy atom. The van der Waals surface area contributed by atoms with E-state index >= 15 is 0 Å². The van der Waals surface area contributed by atoms with Crippen LogP contribution in [0.15, 0.2) is 48.5 Å². The fourth-order valence-electron chi connectivity index (χ4n) is 4.21. The van der Waals surface area contributed by atoms with Crippen molar-refractivity contribution in [1.29, 1.82) is 0 Å². The van der Waals surface area contributed by atoms with E-state index in [-0.39, 0.29) is 12.1 Å². The number of hydrogen-bond donors (Lipinski definition) is 4. The van der Waals surface area contributed by atoms with Gasteiger partial charge in [-0.05, 0) is 54.7 Å². The van der Waals surface area contributed by atoms with Gasteiger partial charge in [-0.25, -0.2) is 9.59 Å². The second kappa shape index (κ2) is 19.1. The standard InChI is InChI=1S/C31H48N4O2/c1-3-5-7-9-11-13-23-32-30(36)34-28-19-15-26(16-20-28)25-27-17-21-29(22-18-27)35-31(37)33-24-14-12-10-8-6-4-2/h15-22H,3-14,23-25H2,1-2H3,(H2,32,34,36)(H2,33,35,37). The van der Waals surface area contributed by atoms with Crippen LogP contribution in [0.3, 0.4) is 0 Å². The first-order valence-corrected chi connectivity index (χ1v) is 14.4. The van der Waals surface area contributed by atoms with Crippen LogP contribution in [0.2, 0.25) is 0 Å². The van der Waals surface area contributed by atoms with Gasteiger partial charge in [0, 0.05) is 24.5 Å². The molecule has 0 spiro atoms. The lowest BCUT2D eigenvalue weighted by atomic mass is 10.0. The largest absolute Gasteiger partial charge is 0.338 e. The van der Waals surface area contributed by atoms with Crippen LogP contribution in [0.25, 0.3) is 0 Å². The van der Waals surface area contributed by atoms with Gasteiger partial charge < -0.3 is 21.3 Å². The Bertz CT molecular complexity index is 808. The maximum absolute atomic E-state index is 12.1. The van der Waals surface area contributed by atoms with Crippen molar-refractivity contribution in [2.45, 2.75) is 97.3 Å². The van der Waals surface area contributed by atoms with Crippen molar-refractivity contribution in [3.05, 3.63) is 59.7 Å². The van der Waals surface area contributed by atoms with Crippen LogP contribution in [0.1, 0.15) is 102 Å². The minimum atomic E-state index is -0.152. The molecule has 2 aromatic rings. The molecule has 37 heavy (non-hydrogen) atoms. The minimum absolute atomic E-state index is 0.152. The molecule has 0 atom stereocenters. The third kappa shape index (κ3) is 14.3. The van der Waals surface area contributed by atoms with Crippen molar-refractivity contribution in [1.82, 2.24) is 10.6 Å². The van der Waals surface area contributed by atoms with Crippen LogP contribution >= 0.6 is 0 Å². The molecule has 0 saturated heterocycles. The van der Waals surface area contributed by atoms with Gasteiger partial charge in [0.25, 0.3) is 0 Å². The molecule has 204 valence electrons. The summed E-state index contributed by atoms with van der Waals surface area (Å²) in [5, 5.41) is 11.7. The lowest BCUT2D eigenvalue weighted by molar-refractivity contribution is 0.251. The summed E-state index contributed by atoms with van der Waals surface area (Å²) in [7, 11) is 0. The van der Waals surface area contributed by atoms with E-state index in [9.17, 15) is 9.59 Å². The molecule has 4 N–H and O–H groups in total. The molecular formula is C31H48N4O2. The van der Waals surface area contributed by atoms with Gasteiger partial charge in [-0.3, -0.25) is 0 Å². The SMILES string of the molecule is CCCCCCCCNC(=O)Nc1ccc(Cc2ccc(NC(=O)NCCCCCCCC)cc2)cc1. The Hall–Kier alpha value is -3.02. The fraction of sp³-hybridized carbons (Fsp3) is 0.548. The van der Waals surface area contributed by atoms with E-state index in [0.717, 1.165) is 41.8 Å². The Labute approximate surface area is 224 Å². The van der Waals surface area contributed by atoms with Gasteiger partial charge in [0.1, 0.15) is 0 Å². The van der Waals surface area contributed by atoms with Crippen molar-refractivity contribution in [3.8, 4) is 0 Å². The van der Waals surface area contributed by atoms with Gasteiger partial charge >= 0.3 is 12.1 Å². The summed E-state index contributed by atoms with van der Waals surface area (Å²) in [4.78, 5) is 24.2. The summed E-state index contributed by atoms with van der Waals surface area (Å²) >= 11 is 0. The predicted octanol–water partition coefficient (Wildman–Crippen LogP) is 8.24. The summed E-state index contributed by atoms with van der Waals surface area (Å²) in [6, 6.07) is 15.6. The highest BCUT2D eigenvalue weighted by Gasteiger charge is 2.04. The van der Waals surface area contributed by atoms with E-state index in [1.165, 1.54) is 64.2 Å². The van der Waals surface area contributed by atoms with Crippen molar-refractivity contribution >= 4 is 23.4 Å². The third-order valence-electron chi connectivity index (χ3n) is 6.46. The smallest absolute Gasteiger partial charge is 0.319 e. The fourth-order valence-corrected chi connectivity index (χ4v) is 4.21. The van der Waals surface area contributed by atoms with Crippen molar-refractivity contribution < 1.29 is 9.59 Å². The second-order valence-electron chi connectivity index (χ2n) is 9.87. The van der Waals surface area contributed by atoms with Crippen LogP contribution < -0.4 is 21.3 Å². The zero-order valence-electron chi connectivity index (χ0n) is 23.0. The van der Waals surface area contributed by atoms with Crippen molar-refractivity contribution in [3.63, 3.8) is 0 Å². The number of unbranched alkanes of at least 4 members (excludes halogenated alkanes) is 10. The van der Waals surface area contributed by atoms with Crippen LogP contribution in [0.5, 0.6) is 0 Å². The Balaban J connectivity index is 1.64. The van der Waals surface area contributed by atoms with Gasteiger partial charge in [0.15, 0.2) is 0 Å². The first-order chi connectivity index (χ1) is 18.1. The van der Waals surface area contributed by atoms with Gasteiger partial charge in [-0.1, -0.05) is 102 Å². The van der Waals surface area contributed by atoms with Gasteiger partial charge in [0.05, 0.1) is 0 Å². The summed E-state index contributed by atoms with van der Waals surface area (Å²) < 4.78 is 0. The van der Waals surface area contributed by atoms with Crippen molar-refractivity contribution in [2.24, 2.45) is 0 Å². The Kier molecular flexibility index (Phi) is 15.6. The molecule has 2 aromatic carbocycles. The molecule has 0 unspecified atom stereocenters. The zero-order chi connectivity index (χ0) is 26.6. The zero-order valence-corrected chi connectivity index (χ0v) is 23.0. The first-order valence-electron chi connectivity index (χ1n) is 14.4. The van der Waals surface area contributed by atoms with Gasteiger partial charge in [-0.2, -0.15) is 0 Å². The predicted molar refractivity (Wildman–Crippen MR) is 156 cm³/mol. The quantitative estimate of drug-likeness (QED) is 0.153. The highest BCUT2D eigenvalue weighted by molar-refractivity contribution is 5.89. The molecule has 0 aliphatic heterocycles. The molecular weight excluding hydrogens is 460 g/mol. The van der Waals surface area contributed by atoms with E-state index in [1.54, 1.807) is 0 Å². The highest BCUT2D eigenvalue weighted by Crippen LogP contribution is 2.16.